The molecule has 114 valence electrons. The van der Waals surface area contributed by atoms with Gasteiger partial charge in [-0.25, -0.2) is 0 Å². The van der Waals surface area contributed by atoms with Gasteiger partial charge in [-0.05, 0) is 12.5 Å². The Balaban J connectivity index is 1.84. The van der Waals surface area contributed by atoms with Crippen molar-refractivity contribution in [3.8, 4) is 0 Å². The Labute approximate surface area is 120 Å². The van der Waals surface area contributed by atoms with Crippen LogP contribution in [0.4, 0.5) is 0 Å². The number of carbonyl (C=O) groups excluding carboxylic acids is 1. The minimum absolute atomic E-state index is 0.580. The largest absolute Gasteiger partial charge is 0.379 e. The zero-order valence-electron chi connectivity index (χ0n) is 12.3. The molecule has 0 aliphatic carbocycles. The van der Waals surface area contributed by atoms with Crippen molar-refractivity contribution in [2.75, 3.05) is 39.6 Å². The highest BCUT2D eigenvalue weighted by Gasteiger charge is 1.95. The first-order valence-electron chi connectivity index (χ1n) is 7.21. The van der Waals surface area contributed by atoms with E-state index in [4.69, 9.17) is 14.2 Å². The molecule has 5 heteroatoms. The summed E-state index contributed by atoms with van der Waals surface area (Å²) in [5.41, 5.74) is 0.691. The number of aldehydes is 1. The number of aromatic nitrogens is 1. The number of unbranched alkanes of at least 4 members (excludes halogenated alkanes) is 1. The summed E-state index contributed by atoms with van der Waals surface area (Å²) in [6.07, 6.45) is 6.78. The molecule has 1 aromatic heterocycles. The highest BCUT2D eigenvalue weighted by atomic mass is 16.5. The van der Waals surface area contributed by atoms with E-state index in [2.05, 4.69) is 6.92 Å². The van der Waals surface area contributed by atoms with Gasteiger partial charge in [0.15, 0.2) is 6.29 Å². The SMILES string of the molecule is CCCCOCCOCCOCCn1ccc(C=O)c1. The molecule has 0 saturated carbocycles. The summed E-state index contributed by atoms with van der Waals surface area (Å²) in [6, 6.07) is 1.79. The van der Waals surface area contributed by atoms with Gasteiger partial charge >= 0.3 is 0 Å². The van der Waals surface area contributed by atoms with Crippen molar-refractivity contribution in [3.05, 3.63) is 24.0 Å². The monoisotopic (exact) mass is 283 g/mol. The lowest BCUT2D eigenvalue weighted by Gasteiger charge is -2.07. The van der Waals surface area contributed by atoms with Crippen molar-refractivity contribution in [2.45, 2.75) is 26.3 Å². The third-order valence-electron chi connectivity index (χ3n) is 2.79. The van der Waals surface area contributed by atoms with Gasteiger partial charge in [0.25, 0.3) is 0 Å². The molecule has 0 bridgehead atoms. The van der Waals surface area contributed by atoms with E-state index in [0.29, 0.717) is 38.6 Å². The Kier molecular flexibility index (Phi) is 9.83. The van der Waals surface area contributed by atoms with Crippen LogP contribution in [0.15, 0.2) is 18.5 Å². The van der Waals surface area contributed by atoms with Crippen molar-refractivity contribution in [1.82, 2.24) is 4.57 Å². The van der Waals surface area contributed by atoms with E-state index in [-0.39, 0.29) is 0 Å². The number of hydrogen-bond donors (Lipinski definition) is 0. The first-order chi connectivity index (χ1) is 9.86. The fourth-order valence-electron chi connectivity index (χ4n) is 1.63. The summed E-state index contributed by atoms with van der Waals surface area (Å²) >= 11 is 0. The summed E-state index contributed by atoms with van der Waals surface area (Å²) in [7, 11) is 0. The zero-order valence-corrected chi connectivity index (χ0v) is 12.3. The maximum atomic E-state index is 10.5. The average Bonchev–Trinajstić information content (AvgIpc) is 2.93. The molecule has 5 nitrogen and oxygen atoms in total. The van der Waals surface area contributed by atoms with Gasteiger partial charge in [0.2, 0.25) is 0 Å². The van der Waals surface area contributed by atoms with Crippen molar-refractivity contribution in [3.63, 3.8) is 0 Å². The molecule has 0 fully saturated rings. The van der Waals surface area contributed by atoms with Crippen molar-refractivity contribution in [2.24, 2.45) is 0 Å². The van der Waals surface area contributed by atoms with Gasteiger partial charge in [-0.2, -0.15) is 0 Å². The van der Waals surface area contributed by atoms with Crippen LogP contribution in [0, 0.1) is 0 Å². The van der Waals surface area contributed by atoms with Gasteiger partial charge in [-0.15, -0.1) is 0 Å². The molecule has 0 N–H and O–H groups in total. The Hall–Kier alpha value is -1.17. The van der Waals surface area contributed by atoms with Crippen LogP contribution >= 0.6 is 0 Å². The molecule has 0 amide bonds. The zero-order chi connectivity index (χ0) is 14.5. The van der Waals surface area contributed by atoms with Gasteiger partial charge in [0, 0.05) is 31.1 Å². The molecular weight excluding hydrogens is 258 g/mol. The molecule has 0 aromatic carbocycles. The summed E-state index contributed by atoms with van der Waals surface area (Å²) < 4.78 is 18.1. The highest BCUT2D eigenvalue weighted by Crippen LogP contribution is 1.97. The Morgan fingerprint density at radius 1 is 1.05 bits per heavy atom. The van der Waals surface area contributed by atoms with Crippen LogP contribution in [0.3, 0.4) is 0 Å². The molecule has 0 aliphatic rings. The van der Waals surface area contributed by atoms with Crippen LogP contribution in [0.25, 0.3) is 0 Å². The topological polar surface area (TPSA) is 49.7 Å². The van der Waals surface area contributed by atoms with E-state index < -0.39 is 0 Å². The number of carbonyl (C=O) groups is 1. The van der Waals surface area contributed by atoms with E-state index in [1.165, 1.54) is 0 Å². The van der Waals surface area contributed by atoms with E-state index in [9.17, 15) is 4.79 Å². The number of nitrogens with zero attached hydrogens (tertiary/aromatic N) is 1. The number of ether oxygens (including phenoxy) is 3. The summed E-state index contributed by atoms with van der Waals surface area (Å²) in [6.45, 7) is 6.75. The van der Waals surface area contributed by atoms with Crippen LogP contribution < -0.4 is 0 Å². The molecule has 20 heavy (non-hydrogen) atoms. The van der Waals surface area contributed by atoms with E-state index in [1.807, 2.05) is 10.8 Å². The van der Waals surface area contributed by atoms with Crippen LogP contribution in [0.5, 0.6) is 0 Å². The van der Waals surface area contributed by atoms with E-state index in [1.54, 1.807) is 12.3 Å². The fourth-order valence-corrected chi connectivity index (χ4v) is 1.63. The third-order valence-corrected chi connectivity index (χ3v) is 2.79. The maximum absolute atomic E-state index is 10.5. The van der Waals surface area contributed by atoms with Crippen LogP contribution in [-0.4, -0.2) is 50.5 Å². The van der Waals surface area contributed by atoms with Crippen LogP contribution in [0.2, 0.25) is 0 Å². The van der Waals surface area contributed by atoms with Gasteiger partial charge in [-0.1, -0.05) is 13.3 Å². The van der Waals surface area contributed by atoms with Gasteiger partial charge < -0.3 is 18.8 Å². The third kappa shape index (κ3) is 8.09. The van der Waals surface area contributed by atoms with E-state index >= 15 is 0 Å². The standard InChI is InChI=1S/C15H25NO4/c1-2-3-7-18-9-11-20-12-10-19-8-6-16-5-4-15(13-16)14-17/h4-5,13-14H,2-3,6-12H2,1H3. The van der Waals surface area contributed by atoms with Crippen molar-refractivity contribution >= 4 is 6.29 Å². The molecule has 0 radical (unpaired) electrons. The second-order valence-electron chi connectivity index (χ2n) is 4.49. The average molecular weight is 283 g/mol. The lowest BCUT2D eigenvalue weighted by molar-refractivity contribution is 0.0127. The lowest BCUT2D eigenvalue weighted by Crippen LogP contribution is -2.12. The van der Waals surface area contributed by atoms with Crippen LogP contribution in [-0.2, 0) is 20.8 Å². The predicted octanol–water partition coefficient (Wildman–Crippen LogP) is 2.15. The molecule has 1 heterocycles. The van der Waals surface area contributed by atoms with Crippen molar-refractivity contribution in [1.29, 1.82) is 0 Å². The molecule has 0 spiro atoms. The Bertz CT molecular complexity index is 351. The summed E-state index contributed by atoms with van der Waals surface area (Å²) in [5.74, 6) is 0. The first-order valence-corrected chi connectivity index (χ1v) is 7.21. The molecule has 1 rings (SSSR count). The number of hydrogen-bond acceptors (Lipinski definition) is 4. The minimum Gasteiger partial charge on any atom is -0.379 e. The first kappa shape index (κ1) is 16.9. The lowest BCUT2D eigenvalue weighted by atomic mass is 10.4. The molecular formula is C15H25NO4. The Morgan fingerprint density at radius 2 is 1.70 bits per heavy atom. The second-order valence-corrected chi connectivity index (χ2v) is 4.49. The van der Waals surface area contributed by atoms with Crippen LogP contribution in [0.1, 0.15) is 30.1 Å². The molecule has 0 aliphatic heterocycles. The molecule has 0 saturated heterocycles. The maximum Gasteiger partial charge on any atom is 0.151 e. The molecule has 0 atom stereocenters. The summed E-state index contributed by atoms with van der Waals surface area (Å²) in [5, 5.41) is 0. The highest BCUT2D eigenvalue weighted by molar-refractivity contribution is 5.74. The minimum atomic E-state index is 0.580. The quantitative estimate of drug-likeness (QED) is 0.411. The van der Waals surface area contributed by atoms with Gasteiger partial charge in [0.05, 0.1) is 33.0 Å². The second kappa shape index (κ2) is 11.6. The smallest absolute Gasteiger partial charge is 0.151 e. The predicted molar refractivity (Wildman–Crippen MR) is 77.2 cm³/mol. The summed E-state index contributed by atoms with van der Waals surface area (Å²) in [4.78, 5) is 10.5. The fraction of sp³-hybridized carbons (Fsp3) is 0.667. The van der Waals surface area contributed by atoms with Gasteiger partial charge in [0.1, 0.15) is 0 Å². The van der Waals surface area contributed by atoms with E-state index in [0.717, 1.165) is 32.3 Å². The Morgan fingerprint density at radius 3 is 2.30 bits per heavy atom. The molecule has 1 aromatic rings. The van der Waals surface area contributed by atoms with Gasteiger partial charge in [-0.3, -0.25) is 4.79 Å². The number of rotatable bonds is 13. The molecule has 0 unspecified atom stereocenters. The van der Waals surface area contributed by atoms with Crippen molar-refractivity contribution < 1.29 is 19.0 Å². The normalized spacial score (nSPS) is 10.8.